The smallest absolute Gasteiger partial charge is 0.310 e. The third-order valence-electron chi connectivity index (χ3n) is 5.01. The molecule has 28 heavy (non-hydrogen) atoms. The molecule has 0 fully saturated rings. The van der Waals surface area contributed by atoms with Crippen molar-refractivity contribution in [1.82, 2.24) is 9.55 Å². The van der Waals surface area contributed by atoms with E-state index in [0.29, 0.717) is 12.2 Å². The molecule has 0 bridgehead atoms. The zero-order valence-electron chi connectivity index (χ0n) is 16.7. The van der Waals surface area contributed by atoms with E-state index in [0.717, 1.165) is 27.9 Å². The van der Waals surface area contributed by atoms with Crippen LogP contribution in [0.25, 0.3) is 10.9 Å². The van der Waals surface area contributed by atoms with Gasteiger partial charge in [0.05, 0.1) is 19.1 Å². The van der Waals surface area contributed by atoms with Crippen LogP contribution < -0.4 is 0 Å². The Morgan fingerprint density at radius 3 is 2.71 bits per heavy atom. The standard InChI is InChI=1S/C22H26N2O4/c1-14-9-19(16(3)24(14)15(2)12-27-4)21(25)13-28-22(26)10-17-11-23-20-8-6-5-7-18(17)20/h5-9,11,15,23H,10,12-13H2,1-4H3/t15-/m1/s1. The van der Waals surface area contributed by atoms with E-state index in [1.165, 1.54) is 0 Å². The zero-order chi connectivity index (χ0) is 20.3. The summed E-state index contributed by atoms with van der Waals surface area (Å²) < 4.78 is 12.5. The summed E-state index contributed by atoms with van der Waals surface area (Å²) in [5.41, 5.74) is 4.26. The van der Waals surface area contributed by atoms with Crippen molar-refractivity contribution in [2.24, 2.45) is 0 Å². The first-order valence-corrected chi connectivity index (χ1v) is 9.33. The second-order valence-corrected chi connectivity index (χ2v) is 7.08. The molecule has 1 N–H and O–H groups in total. The lowest BCUT2D eigenvalue weighted by Crippen LogP contribution is -2.17. The van der Waals surface area contributed by atoms with E-state index >= 15 is 0 Å². The topological polar surface area (TPSA) is 73.3 Å². The number of benzene rings is 1. The molecule has 0 aliphatic heterocycles. The van der Waals surface area contributed by atoms with E-state index in [4.69, 9.17) is 9.47 Å². The number of Topliss-reactive ketones (excluding diaryl/α,β-unsaturated/α-hetero) is 1. The molecule has 3 aromatic rings. The van der Waals surface area contributed by atoms with Crippen molar-refractivity contribution in [1.29, 1.82) is 0 Å². The van der Waals surface area contributed by atoms with Crippen LogP contribution in [0.3, 0.4) is 0 Å². The second-order valence-electron chi connectivity index (χ2n) is 7.08. The fourth-order valence-electron chi connectivity index (χ4n) is 3.76. The Kier molecular flexibility index (Phi) is 5.99. The van der Waals surface area contributed by atoms with Crippen molar-refractivity contribution in [2.45, 2.75) is 33.2 Å². The third kappa shape index (κ3) is 4.02. The highest BCUT2D eigenvalue weighted by Gasteiger charge is 2.20. The van der Waals surface area contributed by atoms with Crippen LogP contribution in [-0.2, 0) is 20.7 Å². The number of fused-ring (bicyclic) bond motifs is 1. The Morgan fingerprint density at radius 2 is 1.96 bits per heavy atom. The summed E-state index contributed by atoms with van der Waals surface area (Å²) in [6.45, 7) is 6.20. The van der Waals surface area contributed by atoms with Crippen molar-refractivity contribution in [3.63, 3.8) is 0 Å². The van der Waals surface area contributed by atoms with Crippen molar-refractivity contribution < 1.29 is 19.1 Å². The summed E-state index contributed by atoms with van der Waals surface area (Å²) in [6, 6.07) is 9.73. The molecule has 6 heteroatoms. The van der Waals surface area contributed by atoms with Crippen molar-refractivity contribution in [3.8, 4) is 0 Å². The van der Waals surface area contributed by atoms with Gasteiger partial charge < -0.3 is 19.0 Å². The molecule has 0 aliphatic rings. The number of carbonyl (C=O) groups is 2. The number of H-pyrrole nitrogens is 1. The summed E-state index contributed by atoms with van der Waals surface area (Å²) in [4.78, 5) is 28.0. The molecule has 2 heterocycles. The number of para-hydroxylation sites is 1. The Labute approximate surface area is 164 Å². The quantitative estimate of drug-likeness (QED) is 0.475. The number of esters is 1. The summed E-state index contributed by atoms with van der Waals surface area (Å²) in [6.07, 6.45) is 1.93. The van der Waals surface area contributed by atoms with Gasteiger partial charge >= 0.3 is 5.97 Å². The van der Waals surface area contributed by atoms with Crippen molar-refractivity contribution >= 4 is 22.7 Å². The van der Waals surface area contributed by atoms with Gasteiger partial charge in [0.2, 0.25) is 5.78 Å². The minimum absolute atomic E-state index is 0.121. The SMILES string of the molecule is COC[C@@H](C)n1c(C)cc(C(=O)COC(=O)Cc2c[nH]c3ccccc23)c1C. The van der Waals surface area contributed by atoms with Crippen LogP contribution in [0.1, 0.15) is 40.3 Å². The number of aryl methyl sites for hydroxylation is 1. The number of hydrogen-bond acceptors (Lipinski definition) is 4. The van der Waals surface area contributed by atoms with Gasteiger partial charge in [-0.3, -0.25) is 9.59 Å². The molecule has 6 nitrogen and oxygen atoms in total. The number of aromatic nitrogens is 2. The highest BCUT2D eigenvalue weighted by molar-refractivity contribution is 5.99. The second kappa shape index (κ2) is 8.44. The van der Waals surface area contributed by atoms with Crippen LogP contribution >= 0.6 is 0 Å². The molecule has 1 aromatic carbocycles. The summed E-state index contributed by atoms with van der Waals surface area (Å²) >= 11 is 0. The van der Waals surface area contributed by atoms with Gasteiger partial charge in [0, 0.05) is 41.2 Å². The molecule has 0 spiro atoms. The van der Waals surface area contributed by atoms with E-state index < -0.39 is 5.97 Å². The molecule has 0 amide bonds. The molecule has 148 valence electrons. The van der Waals surface area contributed by atoms with Gasteiger partial charge in [-0.1, -0.05) is 18.2 Å². The first-order valence-electron chi connectivity index (χ1n) is 9.33. The number of methoxy groups -OCH3 is 1. The normalized spacial score (nSPS) is 12.3. The third-order valence-corrected chi connectivity index (χ3v) is 5.01. The van der Waals surface area contributed by atoms with Crippen LogP contribution in [0.15, 0.2) is 36.5 Å². The lowest BCUT2D eigenvalue weighted by molar-refractivity contribution is -0.141. The minimum atomic E-state index is -0.417. The molecule has 2 aromatic heterocycles. The molecule has 3 rings (SSSR count). The maximum Gasteiger partial charge on any atom is 0.310 e. The molecular weight excluding hydrogens is 356 g/mol. The van der Waals surface area contributed by atoms with Crippen LogP contribution in [-0.4, -0.2) is 41.6 Å². The molecular formula is C22H26N2O4. The lowest BCUT2D eigenvalue weighted by atomic mass is 10.1. The Balaban J connectivity index is 1.64. The van der Waals surface area contributed by atoms with Gasteiger partial charge in [0.25, 0.3) is 0 Å². The summed E-state index contributed by atoms with van der Waals surface area (Å²) in [5.74, 6) is -0.615. The summed E-state index contributed by atoms with van der Waals surface area (Å²) in [7, 11) is 1.66. The van der Waals surface area contributed by atoms with Crippen LogP contribution in [0.5, 0.6) is 0 Å². The van der Waals surface area contributed by atoms with Gasteiger partial charge in [0.1, 0.15) is 0 Å². The molecule has 0 saturated heterocycles. The van der Waals surface area contributed by atoms with Crippen molar-refractivity contribution in [3.05, 3.63) is 59.0 Å². The highest BCUT2D eigenvalue weighted by atomic mass is 16.5. The average Bonchev–Trinajstić information content (AvgIpc) is 3.20. The van der Waals surface area contributed by atoms with Crippen LogP contribution in [0, 0.1) is 13.8 Å². The molecule has 0 aliphatic carbocycles. The zero-order valence-corrected chi connectivity index (χ0v) is 16.7. The lowest BCUT2D eigenvalue weighted by Gasteiger charge is -2.17. The number of nitrogens with one attached hydrogen (secondary N) is 1. The number of ketones is 1. The number of nitrogens with zero attached hydrogens (tertiary/aromatic N) is 1. The molecule has 0 saturated carbocycles. The van der Waals surface area contributed by atoms with E-state index in [2.05, 4.69) is 9.55 Å². The predicted molar refractivity (Wildman–Crippen MR) is 108 cm³/mol. The fourth-order valence-corrected chi connectivity index (χ4v) is 3.76. The molecule has 1 atom stereocenters. The number of ether oxygens (including phenoxy) is 2. The highest BCUT2D eigenvalue weighted by Crippen LogP contribution is 2.22. The number of aromatic amines is 1. The van der Waals surface area contributed by atoms with E-state index in [9.17, 15) is 9.59 Å². The molecule has 0 unspecified atom stereocenters. The fraction of sp³-hybridized carbons (Fsp3) is 0.364. The van der Waals surface area contributed by atoms with Gasteiger partial charge in [-0.15, -0.1) is 0 Å². The number of hydrogen-bond donors (Lipinski definition) is 1. The minimum Gasteiger partial charge on any atom is -0.457 e. The Morgan fingerprint density at radius 1 is 1.21 bits per heavy atom. The Bertz CT molecular complexity index is 999. The van der Waals surface area contributed by atoms with E-state index in [-0.39, 0.29) is 24.9 Å². The van der Waals surface area contributed by atoms with Gasteiger partial charge in [0.15, 0.2) is 6.61 Å². The number of carbonyl (C=O) groups excluding carboxylic acids is 2. The van der Waals surface area contributed by atoms with Gasteiger partial charge in [-0.05, 0) is 38.5 Å². The van der Waals surface area contributed by atoms with Crippen LogP contribution in [0.4, 0.5) is 0 Å². The number of rotatable bonds is 8. The van der Waals surface area contributed by atoms with Gasteiger partial charge in [-0.2, -0.15) is 0 Å². The monoisotopic (exact) mass is 382 g/mol. The van der Waals surface area contributed by atoms with Crippen LogP contribution in [0.2, 0.25) is 0 Å². The van der Waals surface area contributed by atoms with E-state index in [1.54, 1.807) is 13.3 Å². The predicted octanol–water partition coefficient (Wildman–Crippen LogP) is 3.76. The average molecular weight is 382 g/mol. The summed E-state index contributed by atoms with van der Waals surface area (Å²) in [5, 5.41) is 0.987. The van der Waals surface area contributed by atoms with Gasteiger partial charge in [-0.25, -0.2) is 0 Å². The largest absolute Gasteiger partial charge is 0.457 e. The maximum absolute atomic E-state index is 12.6. The molecule has 0 radical (unpaired) electrons. The maximum atomic E-state index is 12.6. The first kappa shape index (κ1) is 19.9. The van der Waals surface area contributed by atoms with Crippen molar-refractivity contribution in [2.75, 3.05) is 20.3 Å². The Hall–Kier alpha value is -2.86. The first-order chi connectivity index (χ1) is 13.4. The van der Waals surface area contributed by atoms with E-state index in [1.807, 2.05) is 51.1 Å².